The summed E-state index contributed by atoms with van der Waals surface area (Å²) in [4.78, 5) is 0. The quantitative estimate of drug-likeness (QED) is 0.402. The Labute approximate surface area is 172 Å². The first kappa shape index (κ1) is 21.9. The van der Waals surface area contributed by atoms with E-state index in [1.807, 2.05) is 7.11 Å². The second kappa shape index (κ2) is 12.0. The van der Waals surface area contributed by atoms with Crippen LogP contribution in [0, 0.1) is 11.8 Å². The highest BCUT2D eigenvalue weighted by Crippen LogP contribution is 2.35. The monoisotopic (exact) mass is 386 g/mol. The second-order valence-corrected chi connectivity index (χ2v) is 8.91. The van der Waals surface area contributed by atoms with Crippen molar-refractivity contribution < 1.29 is 14.0 Å². The molecular formula is C24H39BO3. The summed E-state index contributed by atoms with van der Waals surface area (Å²) in [6.07, 6.45) is 13.1. The zero-order chi connectivity index (χ0) is 19.6. The number of ether oxygens (including phenoxy) is 1. The molecule has 0 bridgehead atoms. The number of hydrogen-bond donors (Lipinski definition) is 0. The molecule has 2 aliphatic rings. The van der Waals surface area contributed by atoms with Crippen molar-refractivity contribution in [1.82, 2.24) is 0 Å². The van der Waals surface area contributed by atoms with Crippen LogP contribution in [0.5, 0.6) is 0 Å². The topological polar surface area (TPSA) is 27.7 Å². The summed E-state index contributed by atoms with van der Waals surface area (Å²) in [5, 5.41) is 0. The normalized spacial score (nSPS) is 23.9. The van der Waals surface area contributed by atoms with E-state index in [1.165, 1.54) is 75.2 Å². The van der Waals surface area contributed by atoms with Crippen LogP contribution in [0.3, 0.4) is 0 Å². The molecule has 4 heteroatoms. The highest BCUT2D eigenvalue weighted by atomic mass is 16.6. The predicted octanol–water partition coefficient (Wildman–Crippen LogP) is 5.33. The van der Waals surface area contributed by atoms with Crippen LogP contribution in [0.25, 0.3) is 0 Å². The van der Waals surface area contributed by atoms with Crippen molar-refractivity contribution in [3.8, 4) is 0 Å². The van der Waals surface area contributed by atoms with Gasteiger partial charge in [0.2, 0.25) is 0 Å². The number of rotatable bonds is 10. The maximum absolute atomic E-state index is 6.05. The molecule has 156 valence electrons. The maximum atomic E-state index is 6.05. The zero-order valence-corrected chi connectivity index (χ0v) is 18.0. The molecule has 0 atom stereocenters. The molecule has 1 aromatic rings. The van der Waals surface area contributed by atoms with Crippen molar-refractivity contribution in [3.05, 3.63) is 29.8 Å². The molecule has 0 unspecified atom stereocenters. The lowest BCUT2D eigenvalue weighted by Crippen LogP contribution is -2.44. The molecule has 0 radical (unpaired) electrons. The van der Waals surface area contributed by atoms with Crippen molar-refractivity contribution in [3.63, 3.8) is 0 Å². The maximum Gasteiger partial charge on any atom is 0.493 e. The summed E-state index contributed by atoms with van der Waals surface area (Å²) >= 11 is 0. The number of unbranched alkanes of at least 4 members (excludes halogenated alkanes) is 4. The minimum absolute atomic E-state index is 0.178. The van der Waals surface area contributed by atoms with Gasteiger partial charge in [-0.15, -0.1) is 0 Å². The van der Waals surface area contributed by atoms with E-state index in [1.54, 1.807) is 0 Å². The standard InChI is InChI=1S/C24H39BO3/c1-3-4-5-6-7-8-21-18-27-25(28-19-21)24-15-13-23(14-16-24)22-11-9-20(10-12-22)17-26-2/h13-16,20-22H,3-12,17-19H2,1-2H3. The van der Waals surface area contributed by atoms with Crippen LogP contribution in [0.1, 0.15) is 82.6 Å². The third kappa shape index (κ3) is 6.61. The molecule has 1 saturated heterocycles. The van der Waals surface area contributed by atoms with Crippen LogP contribution < -0.4 is 5.46 Å². The molecule has 3 rings (SSSR count). The van der Waals surface area contributed by atoms with E-state index in [0.29, 0.717) is 11.8 Å². The van der Waals surface area contributed by atoms with Gasteiger partial charge in [0.15, 0.2) is 0 Å². The Morgan fingerprint density at radius 3 is 2.21 bits per heavy atom. The van der Waals surface area contributed by atoms with Gasteiger partial charge in [-0.2, -0.15) is 0 Å². The van der Waals surface area contributed by atoms with E-state index < -0.39 is 0 Å². The van der Waals surface area contributed by atoms with Crippen LogP contribution in [-0.4, -0.2) is 34.0 Å². The molecule has 1 aromatic carbocycles. The van der Waals surface area contributed by atoms with E-state index in [0.717, 1.165) is 25.7 Å². The summed E-state index contributed by atoms with van der Waals surface area (Å²) in [6.45, 7) is 4.86. The Balaban J connectivity index is 1.39. The molecule has 0 aromatic heterocycles. The van der Waals surface area contributed by atoms with Crippen molar-refractivity contribution >= 4 is 12.6 Å². The van der Waals surface area contributed by atoms with E-state index in [9.17, 15) is 0 Å². The minimum atomic E-state index is -0.178. The molecule has 28 heavy (non-hydrogen) atoms. The van der Waals surface area contributed by atoms with Gasteiger partial charge >= 0.3 is 7.12 Å². The smallest absolute Gasteiger partial charge is 0.407 e. The van der Waals surface area contributed by atoms with Crippen molar-refractivity contribution in [1.29, 1.82) is 0 Å². The molecule has 1 aliphatic heterocycles. The van der Waals surface area contributed by atoms with Crippen molar-refractivity contribution in [2.45, 2.75) is 77.0 Å². The van der Waals surface area contributed by atoms with Gasteiger partial charge in [-0.25, -0.2) is 0 Å². The van der Waals surface area contributed by atoms with Gasteiger partial charge in [-0.3, -0.25) is 0 Å². The summed E-state index contributed by atoms with van der Waals surface area (Å²) in [5.41, 5.74) is 2.64. The van der Waals surface area contributed by atoms with Gasteiger partial charge in [-0.1, -0.05) is 63.3 Å². The van der Waals surface area contributed by atoms with Crippen molar-refractivity contribution in [2.75, 3.05) is 26.9 Å². The lowest BCUT2D eigenvalue weighted by molar-refractivity contribution is 0.0810. The molecule has 3 nitrogen and oxygen atoms in total. The molecule has 0 spiro atoms. The van der Waals surface area contributed by atoms with Gasteiger partial charge in [0, 0.05) is 32.8 Å². The first-order valence-electron chi connectivity index (χ1n) is 11.6. The third-order valence-corrected chi connectivity index (χ3v) is 6.61. The van der Waals surface area contributed by atoms with Crippen molar-refractivity contribution in [2.24, 2.45) is 11.8 Å². The van der Waals surface area contributed by atoms with E-state index >= 15 is 0 Å². The fourth-order valence-electron chi connectivity index (χ4n) is 4.76. The largest absolute Gasteiger partial charge is 0.493 e. The average molecular weight is 386 g/mol. The van der Waals surface area contributed by atoms with Crippen LogP contribution in [0.2, 0.25) is 0 Å². The number of benzene rings is 1. The van der Waals surface area contributed by atoms with Crippen LogP contribution >= 0.6 is 0 Å². The lowest BCUT2D eigenvalue weighted by atomic mass is 9.74. The number of methoxy groups -OCH3 is 1. The molecule has 1 heterocycles. The third-order valence-electron chi connectivity index (χ3n) is 6.61. The Bertz CT molecular complexity index is 531. The van der Waals surface area contributed by atoms with E-state index in [4.69, 9.17) is 14.0 Å². The van der Waals surface area contributed by atoms with Crippen LogP contribution in [-0.2, 0) is 14.0 Å². The highest BCUT2D eigenvalue weighted by Gasteiger charge is 2.29. The zero-order valence-electron chi connectivity index (χ0n) is 18.0. The fourth-order valence-corrected chi connectivity index (χ4v) is 4.76. The SMILES string of the molecule is CCCCCCCC1COB(c2ccc(C3CCC(COC)CC3)cc2)OC1. The molecule has 1 aliphatic carbocycles. The molecule has 0 N–H and O–H groups in total. The van der Waals surface area contributed by atoms with Crippen LogP contribution in [0.4, 0.5) is 0 Å². The first-order valence-corrected chi connectivity index (χ1v) is 11.6. The number of hydrogen-bond acceptors (Lipinski definition) is 3. The van der Waals surface area contributed by atoms with Gasteiger partial charge in [0.25, 0.3) is 0 Å². The Hall–Kier alpha value is -0.835. The summed E-state index contributed by atoms with van der Waals surface area (Å²) in [7, 11) is 1.64. The van der Waals surface area contributed by atoms with Crippen LogP contribution in [0.15, 0.2) is 24.3 Å². The predicted molar refractivity (Wildman–Crippen MR) is 117 cm³/mol. The van der Waals surface area contributed by atoms with Gasteiger partial charge in [0.05, 0.1) is 0 Å². The fraction of sp³-hybridized carbons (Fsp3) is 0.750. The first-order chi connectivity index (χ1) is 13.8. The summed E-state index contributed by atoms with van der Waals surface area (Å²) in [6, 6.07) is 9.02. The molecule has 1 saturated carbocycles. The van der Waals surface area contributed by atoms with E-state index in [-0.39, 0.29) is 7.12 Å². The Kier molecular flexibility index (Phi) is 9.37. The highest BCUT2D eigenvalue weighted by molar-refractivity contribution is 6.61. The molecular weight excluding hydrogens is 347 g/mol. The minimum Gasteiger partial charge on any atom is -0.407 e. The molecule has 0 amide bonds. The Morgan fingerprint density at radius 1 is 0.893 bits per heavy atom. The second-order valence-electron chi connectivity index (χ2n) is 8.91. The average Bonchev–Trinajstić information content (AvgIpc) is 2.75. The Morgan fingerprint density at radius 2 is 1.57 bits per heavy atom. The van der Waals surface area contributed by atoms with E-state index in [2.05, 4.69) is 31.2 Å². The van der Waals surface area contributed by atoms with Gasteiger partial charge < -0.3 is 14.0 Å². The molecule has 2 fully saturated rings. The summed E-state index contributed by atoms with van der Waals surface area (Å²) in [5.74, 6) is 2.02. The van der Waals surface area contributed by atoms with Gasteiger partial charge in [0.1, 0.15) is 0 Å². The lowest BCUT2D eigenvalue weighted by Gasteiger charge is -2.29. The van der Waals surface area contributed by atoms with Gasteiger partial charge in [-0.05, 0) is 55.0 Å². The summed E-state index contributed by atoms with van der Waals surface area (Å²) < 4.78 is 17.4.